The number of rotatable bonds is 3. The van der Waals surface area contributed by atoms with E-state index in [2.05, 4.69) is 22.2 Å². The lowest BCUT2D eigenvalue weighted by Gasteiger charge is -2.16. The molecule has 0 bridgehead atoms. The Labute approximate surface area is 82.7 Å². The second-order valence-electron chi connectivity index (χ2n) is 3.42. The summed E-state index contributed by atoms with van der Waals surface area (Å²) in [7, 11) is 0. The van der Waals surface area contributed by atoms with Gasteiger partial charge in [0.25, 0.3) is 0 Å². The summed E-state index contributed by atoms with van der Waals surface area (Å²) in [6.07, 6.45) is 4.96. The second-order valence-corrected chi connectivity index (χ2v) is 4.57. The fraction of sp³-hybridized carbons (Fsp3) is 0.667. The van der Waals surface area contributed by atoms with Gasteiger partial charge in [-0.1, -0.05) is 0 Å². The maximum absolute atomic E-state index is 4.23. The van der Waals surface area contributed by atoms with E-state index in [1.165, 1.54) is 17.9 Å². The summed E-state index contributed by atoms with van der Waals surface area (Å²) in [5, 5.41) is 3.57. The van der Waals surface area contributed by atoms with Gasteiger partial charge in [-0.3, -0.25) is 0 Å². The number of thioether (sulfide) groups is 1. The number of H-pyrrole nitrogens is 1. The number of nitrogens with zero attached hydrogens (tertiary/aromatic N) is 1. The van der Waals surface area contributed by atoms with Gasteiger partial charge in [0.1, 0.15) is 5.82 Å². The fourth-order valence-corrected chi connectivity index (χ4v) is 2.78. The predicted octanol–water partition coefficient (Wildman–Crippen LogP) is 1.57. The van der Waals surface area contributed by atoms with Crippen molar-refractivity contribution in [1.29, 1.82) is 0 Å². The molecule has 2 heterocycles. The van der Waals surface area contributed by atoms with Gasteiger partial charge in [-0.15, -0.1) is 0 Å². The first-order chi connectivity index (χ1) is 6.36. The zero-order chi connectivity index (χ0) is 9.10. The molecular formula is C9H15N3S. The molecule has 2 unspecified atom stereocenters. The molecule has 0 radical (unpaired) electrons. The van der Waals surface area contributed by atoms with Crippen LogP contribution in [0.3, 0.4) is 0 Å². The Morgan fingerprint density at radius 2 is 2.69 bits per heavy atom. The van der Waals surface area contributed by atoms with Crippen molar-refractivity contribution in [2.24, 2.45) is 0 Å². The first kappa shape index (κ1) is 9.09. The van der Waals surface area contributed by atoms with E-state index in [0.717, 1.165) is 5.82 Å². The van der Waals surface area contributed by atoms with E-state index >= 15 is 0 Å². The van der Waals surface area contributed by atoms with Crippen molar-refractivity contribution in [2.75, 3.05) is 11.5 Å². The summed E-state index contributed by atoms with van der Waals surface area (Å²) in [4.78, 5) is 7.36. The number of aromatic nitrogens is 2. The lowest BCUT2D eigenvalue weighted by Crippen LogP contribution is -2.31. The molecule has 2 atom stereocenters. The number of aromatic amines is 1. The van der Waals surface area contributed by atoms with E-state index in [1.807, 2.05) is 18.0 Å². The molecule has 1 aromatic rings. The zero-order valence-corrected chi connectivity index (χ0v) is 8.60. The highest BCUT2D eigenvalue weighted by molar-refractivity contribution is 7.99. The van der Waals surface area contributed by atoms with Crippen LogP contribution >= 0.6 is 11.8 Å². The van der Waals surface area contributed by atoms with E-state index in [1.54, 1.807) is 6.20 Å². The highest BCUT2D eigenvalue weighted by Gasteiger charge is 2.18. The van der Waals surface area contributed by atoms with Gasteiger partial charge in [0, 0.05) is 24.2 Å². The second kappa shape index (κ2) is 4.15. The molecule has 1 fully saturated rings. The van der Waals surface area contributed by atoms with Crippen LogP contribution in [0.1, 0.15) is 25.2 Å². The van der Waals surface area contributed by atoms with Crippen LogP contribution in [-0.2, 0) is 0 Å². The number of imidazole rings is 1. The summed E-state index contributed by atoms with van der Waals surface area (Å²) >= 11 is 2.03. The van der Waals surface area contributed by atoms with Gasteiger partial charge in [0.15, 0.2) is 0 Å². The van der Waals surface area contributed by atoms with Gasteiger partial charge in [-0.05, 0) is 19.1 Å². The van der Waals surface area contributed by atoms with Crippen molar-refractivity contribution < 1.29 is 0 Å². The summed E-state index contributed by atoms with van der Waals surface area (Å²) in [5.74, 6) is 3.57. The first-order valence-corrected chi connectivity index (χ1v) is 5.85. The Hall–Kier alpha value is -0.480. The third-order valence-corrected chi connectivity index (χ3v) is 3.51. The van der Waals surface area contributed by atoms with Crippen LogP contribution in [0.4, 0.5) is 0 Å². The Morgan fingerprint density at radius 3 is 3.31 bits per heavy atom. The van der Waals surface area contributed by atoms with Gasteiger partial charge in [0.05, 0.1) is 6.04 Å². The van der Waals surface area contributed by atoms with E-state index < -0.39 is 0 Å². The van der Waals surface area contributed by atoms with E-state index in [9.17, 15) is 0 Å². The molecule has 3 nitrogen and oxygen atoms in total. The monoisotopic (exact) mass is 197 g/mol. The van der Waals surface area contributed by atoms with Crippen molar-refractivity contribution in [1.82, 2.24) is 15.3 Å². The summed E-state index contributed by atoms with van der Waals surface area (Å²) in [6, 6.07) is 1.02. The number of hydrogen-bond donors (Lipinski definition) is 2. The molecule has 72 valence electrons. The minimum absolute atomic E-state index is 0.346. The van der Waals surface area contributed by atoms with Crippen LogP contribution in [-0.4, -0.2) is 27.5 Å². The highest BCUT2D eigenvalue weighted by Crippen LogP contribution is 2.19. The van der Waals surface area contributed by atoms with E-state index in [4.69, 9.17) is 0 Å². The third kappa shape index (κ3) is 2.25. The molecule has 4 heteroatoms. The quantitative estimate of drug-likeness (QED) is 0.772. The Bertz CT molecular complexity index is 241. The predicted molar refractivity (Wildman–Crippen MR) is 55.9 cm³/mol. The van der Waals surface area contributed by atoms with Crippen LogP contribution < -0.4 is 5.32 Å². The SMILES string of the molecule is CC(NC1CCSC1)c1ncc[nH]1. The van der Waals surface area contributed by atoms with Gasteiger partial charge < -0.3 is 10.3 Å². The molecule has 0 aromatic carbocycles. The van der Waals surface area contributed by atoms with Gasteiger partial charge in [-0.2, -0.15) is 11.8 Å². The Morgan fingerprint density at radius 1 is 1.77 bits per heavy atom. The molecule has 1 aromatic heterocycles. The molecule has 0 spiro atoms. The molecule has 2 N–H and O–H groups in total. The molecule has 1 aliphatic heterocycles. The zero-order valence-electron chi connectivity index (χ0n) is 7.79. The molecular weight excluding hydrogens is 182 g/mol. The molecule has 0 aliphatic carbocycles. The van der Waals surface area contributed by atoms with Crippen LogP contribution in [0, 0.1) is 0 Å². The van der Waals surface area contributed by atoms with Crippen molar-refractivity contribution in [3.63, 3.8) is 0 Å². The molecule has 1 aliphatic rings. The topological polar surface area (TPSA) is 40.7 Å². The molecule has 0 amide bonds. The largest absolute Gasteiger partial charge is 0.347 e. The lowest BCUT2D eigenvalue weighted by atomic mass is 10.2. The average molecular weight is 197 g/mol. The van der Waals surface area contributed by atoms with Crippen LogP contribution in [0.5, 0.6) is 0 Å². The molecule has 2 rings (SSSR count). The maximum Gasteiger partial charge on any atom is 0.122 e. The number of nitrogens with one attached hydrogen (secondary N) is 2. The highest BCUT2D eigenvalue weighted by atomic mass is 32.2. The minimum atomic E-state index is 0.346. The van der Waals surface area contributed by atoms with Crippen molar-refractivity contribution in [2.45, 2.75) is 25.4 Å². The van der Waals surface area contributed by atoms with Crippen LogP contribution in [0.25, 0.3) is 0 Å². The van der Waals surface area contributed by atoms with Crippen LogP contribution in [0.2, 0.25) is 0 Å². The average Bonchev–Trinajstić information content (AvgIpc) is 2.74. The molecule has 1 saturated heterocycles. The minimum Gasteiger partial charge on any atom is -0.347 e. The summed E-state index contributed by atoms with van der Waals surface area (Å²) in [5.41, 5.74) is 0. The van der Waals surface area contributed by atoms with E-state index in [-0.39, 0.29) is 0 Å². The molecule has 13 heavy (non-hydrogen) atoms. The Kier molecular flexibility index (Phi) is 2.90. The maximum atomic E-state index is 4.23. The van der Waals surface area contributed by atoms with Crippen LogP contribution in [0.15, 0.2) is 12.4 Å². The van der Waals surface area contributed by atoms with E-state index in [0.29, 0.717) is 12.1 Å². The van der Waals surface area contributed by atoms with Gasteiger partial charge in [0.2, 0.25) is 0 Å². The molecule has 0 saturated carbocycles. The normalized spacial score (nSPS) is 24.8. The van der Waals surface area contributed by atoms with Crippen molar-refractivity contribution >= 4 is 11.8 Å². The Balaban J connectivity index is 1.87. The standard InChI is InChI=1S/C9H15N3S/c1-7(9-10-3-4-11-9)12-8-2-5-13-6-8/h3-4,7-8,12H,2,5-6H2,1H3,(H,10,11). The van der Waals surface area contributed by atoms with Gasteiger partial charge in [-0.25, -0.2) is 4.98 Å². The van der Waals surface area contributed by atoms with Crippen molar-refractivity contribution in [3.8, 4) is 0 Å². The van der Waals surface area contributed by atoms with Crippen molar-refractivity contribution in [3.05, 3.63) is 18.2 Å². The summed E-state index contributed by atoms with van der Waals surface area (Å²) < 4.78 is 0. The number of hydrogen-bond acceptors (Lipinski definition) is 3. The fourth-order valence-electron chi connectivity index (χ4n) is 1.61. The lowest BCUT2D eigenvalue weighted by molar-refractivity contribution is 0.472. The smallest absolute Gasteiger partial charge is 0.122 e. The van der Waals surface area contributed by atoms with Gasteiger partial charge >= 0.3 is 0 Å². The summed E-state index contributed by atoms with van der Waals surface area (Å²) in [6.45, 7) is 2.15. The third-order valence-electron chi connectivity index (χ3n) is 2.34. The first-order valence-electron chi connectivity index (χ1n) is 4.69.